The molecule has 0 aliphatic heterocycles. The summed E-state index contributed by atoms with van der Waals surface area (Å²) in [5, 5.41) is 3.26. The number of amides is 1. The lowest BCUT2D eigenvalue weighted by molar-refractivity contribution is 0.0739. The molecular weight excluding hydrogens is 264 g/mol. The Hall–Kier alpha value is -1.62. The molecule has 1 aromatic rings. The van der Waals surface area contributed by atoms with E-state index in [-0.39, 0.29) is 5.91 Å². The molecular formula is C16H28N4O. The van der Waals surface area contributed by atoms with Crippen LogP contribution in [-0.2, 0) is 0 Å². The largest absolute Gasteiger partial charge is 0.384 e. The molecule has 0 spiro atoms. The van der Waals surface area contributed by atoms with E-state index in [0.717, 1.165) is 44.7 Å². The molecule has 1 N–H and O–H groups in total. The second-order valence-corrected chi connectivity index (χ2v) is 5.45. The molecule has 0 unspecified atom stereocenters. The van der Waals surface area contributed by atoms with Crippen LogP contribution < -0.4 is 5.32 Å². The molecule has 0 radical (unpaired) electrons. The molecule has 0 atom stereocenters. The van der Waals surface area contributed by atoms with Gasteiger partial charge >= 0.3 is 0 Å². The molecule has 118 valence electrons. The summed E-state index contributed by atoms with van der Waals surface area (Å²) in [7, 11) is 4.03. The van der Waals surface area contributed by atoms with Crippen LogP contribution in [-0.4, -0.2) is 61.0 Å². The van der Waals surface area contributed by atoms with E-state index in [4.69, 9.17) is 0 Å². The third kappa shape index (κ3) is 6.12. The van der Waals surface area contributed by atoms with Gasteiger partial charge in [0.1, 0.15) is 5.69 Å². The minimum absolute atomic E-state index is 0.0146. The average molecular weight is 292 g/mol. The molecule has 5 heteroatoms. The van der Waals surface area contributed by atoms with Crippen molar-refractivity contribution in [3.8, 4) is 0 Å². The van der Waals surface area contributed by atoms with E-state index in [9.17, 15) is 4.79 Å². The summed E-state index contributed by atoms with van der Waals surface area (Å²) in [4.78, 5) is 20.8. The van der Waals surface area contributed by atoms with Gasteiger partial charge in [-0.05, 0) is 39.1 Å². The van der Waals surface area contributed by atoms with Crippen LogP contribution in [0.3, 0.4) is 0 Å². The van der Waals surface area contributed by atoms with E-state index >= 15 is 0 Å². The lowest BCUT2D eigenvalue weighted by atomic mass is 10.2. The van der Waals surface area contributed by atoms with E-state index in [2.05, 4.69) is 29.0 Å². The highest BCUT2D eigenvalue weighted by Gasteiger charge is 2.16. The van der Waals surface area contributed by atoms with Crippen LogP contribution in [0.25, 0.3) is 0 Å². The number of nitrogens with one attached hydrogen (secondary N) is 1. The number of hydrogen-bond donors (Lipinski definition) is 1. The van der Waals surface area contributed by atoms with Crippen molar-refractivity contribution in [3.05, 3.63) is 24.0 Å². The predicted octanol–water partition coefficient (Wildman–Crippen LogP) is 2.32. The SMILES string of the molecule is CCCNc1ccc(C(=O)N(CCC)CCN(C)C)nc1. The standard InChI is InChI=1S/C16H28N4O/c1-5-9-17-14-7-8-15(18-13-14)16(21)20(10-6-2)12-11-19(3)4/h7-8,13,17H,5-6,9-12H2,1-4H3. The molecule has 0 fully saturated rings. The third-order valence-corrected chi connectivity index (χ3v) is 3.16. The predicted molar refractivity (Wildman–Crippen MR) is 87.8 cm³/mol. The van der Waals surface area contributed by atoms with Gasteiger partial charge in [-0.25, -0.2) is 4.98 Å². The van der Waals surface area contributed by atoms with Gasteiger partial charge in [0.05, 0.1) is 11.9 Å². The summed E-state index contributed by atoms with van der Waals surface area (Å²) in [5.41, 5.74) is 1.48. The third-order valence-electron chi connectivity index (χ3n) is 3.16. The van der Waals surface area contributed by atoms with Crippen LogP contribution >= 0.6 is 0 Å². The Morgan fingerprint density at radius 2 is 1.90 bits per heavy atom. The van der Waals surface area contributed by atoms with Crippen molar-refractivity contribution >= 4 is 11.6 Å². The minimum atomic E-state index is 0.0146. The second-order valence-electron chi connectivity index (χ2n) is 5.45. The van der Waals surface area contributed by atoms with Gasteiger partial charge in [-0.2, -0.15) is 0 Å². The van der Waals surface area contributed by atoms with Crippen LogP contribution in [0.2, 0.25) is 0 Å². The molecule has 5 nitrogen and oxygen atoms in total. The molecule has 1 aromatic heterocycles. The van der Waals surface area contributed by atoms with Gasteiger partial charge in [0.2, 0.25) is 0 Å². The highest BCUT2D eigenvalue weighted by Crippen LogP contribution is 2.09. The zero-order valence-corrected chi connectivity index (χ0v) is 13.7. The number of carbonyl (C=O) groups excluding carboxylic acids is 1. The van der Waals surface area contributed by atoms with Gasteiger partial charge in [-0.15, -0.1) is 0 Å². The maximum absolute atomic E-state index is 12.5. The van der Waals surface area contributed by atoms with Crippen LogP contribution in [0.5, 0.6) is 0 Å². The zero-order chi connectivity index (χ0) is 15.7. The monoisotopic (exact) mass is 292 g/mol. The molecule has 0 saturated heterocycles. The smallest absolute Gasteiger partial charge is 0.272 e. The topological polar surface area (TPSA) is 48.5 Å². The average Bonchev–Trinajstić information content (AvgIpc) is 2.49. The van der Waals surface area contributed by atoms with E-state index in [1.54, 1.807) is 12.3 Å². The Balaban J connectivity index is 2.68. The van der Waals surface area contributed by atoms with Crippen molar-refractivity contribution in [2.45, 2.75) is 26.7 Å². The van der Waals surface area contributed by atoms with Crippen LogP contribution in [0.4, 0.5) is 5.69 Å². The van der Waals surface area contributed by atoms with Crippen molar-refractivity contribution in [2.24, 2.45) is 0 Å². The highest BCUT2D eigenvalue weighted by atomic mass is 16.2. The summed E-state index contributed by atoms with van der Waals surface area (Å²) in [5.74, 6) is 0.0146. The van der Waals surface area contributed by atoms with Crippen molar-refractivity contribution in [1.29, 1.82) is 0 Å². The maximum Gasteiger partial charge on any atom is 0.272 e. The van der Waals surface area contributed by atoms with Gasteiger partial charge in [-0.1, -0.05) is 13.8 Å². The molecule has 1 amide bonds. The van der Waals surface area contributed by atoms with Crippen molar-refractivity contribution in [1.82, 2.24) is 14.8 Å². The number of anilines is 1. The molecule has 0 aliphatic carbocycles. The lowest BCUT2D eigenvalue weighted by Gasteiger charge is -2.23. The fourth-order valence-electron chi connectivity index (χ4n) is 1.96. The van der Waals surface area contributed by atoms with Gasteiger partial charge in [0.25, 0.3) is 5.91 Å². The number of carbonyl (C=O) groups is 1. The van der Waals surface area contributed by atoms with E-state index in [1.807, 2.05) is 25.1 Å². The quantitative estimate of drug-likeness (QED) is 0.759. The first-order valence-corrected chi connectivity index (χ1v) is 7.72. The summed E-state index contributed by atoms with van der Waals surface area (Å²) in [6.45, 7) is 7.48. The zero-order valence-electron chi connectivity index (χ0n) is 13.7. The van der Waals surface area contributed by atoms with Crippen LogP contribution in [0.1, 0.15) is 37.2 Å². The summed E-state index contributed by atoms with van der Waals surface area (Å²) in [6, 6.07) is 3.73. The number of rotatable bonds is 9. The fraction of sp³-hybridized carbons (Fsp3) is 0.625. The molecule has 0 aromatic carbocycles. The molecule has 21 heavy (non-hydrogen) atoms. The first-order valence-electron chi connectivity index (χ1n) is 7.72. The van der Waals surface area contributed by atoms with E-state index in [0.29, 0.717) is 5.69 Å². The minimum Gasteiger partial charge on any atom is -0.384 e. The van der Waals surface area contributed by atoms with Crippen molar-refractivity contribution in [2.75, 3.05) is 45.6 Å². The molecule has 0 saturated carbocycles. The van der Waals surface area contributed by atoms with Crippen LogP contribution in [0, 0.1) is 0 Å². The lowest BCUT2D eigenvalue weighted by Crippen LogP contribution is -2.37. The molecule has 0 bridgehead atoms. The Kier molecular flexibility index (Phi) is 7.75. The van der Waals surface area contributed by atoms with Gasteiger partial charge in [0, 0.05) is 26.2 Å². The normalized spacial score (nSPS) is 10.7. The summed E-state index contributed by atoms with van der Waals surface area (Å²) in [6.07, 6.45) is 3.75. The Bertz CT molecular complexity index is 417. The Labute approximate surface area is 128 Å². The first-order chi connectivity index (χ1) is 10.1. The van der Waals surface area contributed by atoms with E-state index in [1.165, 1.54) is 0 Å². The number of hydrogen-bond acceptors (Lipinski definition) is 4. The first kappa shape index (κ1) is 17.4. The number of aromatic nitrogens is 1. The van der Waals surface area contributed by atoms with E-state index < -0.39 is 0 Å². The van der Waals surface area contributed by atoms with Gasteiger partial charge in [-0.3, -0.25) is 4.79 Å². The van der Waals surface area contributed by atoms with Gasteiger partial charge < -0.3 is 15.1 Å². The summed E-state index contributed by atoms with van der Waals surface area (Å²) >= 11 is 0. The summed E-state index contributed by atoms with van der Waals surface area (Å²) < 4.78 is 0. The Morgan fingerprint density at radius 3 is 2.43 bits per heavy atom. The number of likely N-dealkylation sites (N-methyl/N-ethyl adjacent to an activating group) is 1. The molecule has 0 aliphatic rings. The number of nitrogens with zero attached hydrogens (tertiary/aromatic N) is 3. The molecule has 1 rings (SSSR count). The van der Waals surface area contributed by atoms with Crippen molar-refractivity contribution in [3.63, 3.8) is 0 Å². The van der Waals surface area contributed by atoms with Crippen molar-refractivity contribution < 1.29 is 4.79 Å². The highest BCUT2D eigenvalue weighted by molar-refractivity contribution is 5.92. The molecule has 1 heterocycles. The Morgan fingerprint density at radius 1 is 1.14 bits per heavy atom. The maximum atomic E-state index is 12.5. The fourth-order valence-corrected chi connectivity index (χ4v) is 1.96. The van der Waals surface area contributed by atoms with Gasteiger partial charge in [0.15, 0.2) is 0 Å². The second kappa shape index (κ2) is 9.34. The van der Waals surface area contributed by atoms with Crippen LogP contribution in [0.15, 0.2) is 18.3 Å². The number of pyridine rings is 1.